The van der Waals surface area contributed by atoms with Crippen molar-refractivity contribution in [1.82, 2.24) is 0 Å². The summed E-state index contributed by atoms with van der Waals surface area (Å²) in [7, 11) is -8.65. The molecule has 0 fully saturated rings. The van der Waals surface area contributed by atoms with Gasteiger partial charge in [0.15, 0.2) is 0 Å². The molecule has 168 valence electrons. The van der Waals surface area contributed by atoms with Gasteiger partial charge in [-0.05, 0) is 53.2 Å². The molecule has 0 saturated carbocycles. The number of benzene rings is 4. The van der Waals surface area contributed by atoms with Crippen molar-refractivity contribution in [3.05, 3.63) is 60.7 Å². The number of hydrogen-bond donors (Lipinski definition) is 6. The minimum Gasteiger partial charge on any atom is -0.507 e. The summed E-state index contributed by atoms with van der Waals surface area (Å²) in [4.78, 5) is -0.703. The van der Waals surface area contributed by atoms with Gasteiger partial charge in [-0.25, -0.2) is 0 Å². The molecule has 0 saturated heterocycles. The fourth-order valence-electron chi connectivity index (χ4n) is 2.97. The maximum atomic E-state index is 10.9. The number of hydrogen-bond acceptors (Lipinski definition) is 8. The summed E-state index contributed by atoms with van der Waals surface area (Å²) in [6, 6.07) is 13.9. The van der Waals surface area contributed by atoms with Gasteiger partial charge in [0.05, 0.1) is 9.79 Å². The number of phenols is 2. The summed E-state index contributed by atoms with van der Waals surface area (Å²) < 4.78 is 61.4. The molecule has 0 aliphatic carbocycles. The zero-order chi connectivity index (χ0) is 23.8. The van der Waals surface area contributed by atoms with Crippen molar-refractivity contribution in [3.8, 4) is 11.5 Å². The van der Waals surface area contributed by atoms with Crippen LogP contribution in [0.15, 0.2) is 70.5 Å². The van der Waals surface area contributed by atoms with Crippen LogP contribution in [0.1, 0.15) is 0 Å². The smallest absolute Gasteiger partial charge is 0.294 e. The lowest BCUT2D eigenvalue weighted by molar-refractivity contribution is 0.470. The van der Waals surface area contributed by atoms with Crippen molar-refractivity contribution in [2.45, 2.75) is 9.79 Å². The van der Waals surface area contributed by atoms with E-state index in [4.69, 9.17) is 20.6 Å². The molecule has 0 amide bonds. The molecule has 4 rings (SSSR count). The maximum absolute atomic E-state index is 10.9. The molecule has 0 aliphatic heterocycles. The Morgan fingerprint density at radius 1 is 0.562 bits per heavy atom. The van der Waals surface area contributed by atoms with E-state index in [1.807, 2.05) is 0 Å². The van der Waals surface area contributed by atoms with Gasteiger partial charge in [0.25, 0.3) is 20.2 Å². The molecule has 12 heteroatoms. The first kappa shape index (κ1) is 23.1. The van der Waals surface area contributed by atoms with Gasteiger partial charge in [-0.3, -0.25) is 9.11 Å². The Morgan fingerprint density at radius 2 is 1.03 bits per heavy atom. The summed E-state index contributed by atoms with van der Waals surface area (Å²) in [5, 5.41) is 21.0. The minimum absolute atomic E-state index is 0.217. The topological polar surface area (TPSA) is 201 Å². The van der Waals surface area contributed by atoms with Gasteiger partial charge < -0.3 is 21.7 Å². The van der Waals surface area contributed by atoms with E-state index >= 15 is 0 Å². The molecule has 0 heterocycles. The number of nitrogen functional groups attached to an aromatic ring is 2. The van der Waals surface area contributed by atoms with Crippen LogP contribution < -0.4 is 11.5 Å². The third kappa shape index (κ3) is 5.00. The highest BCUT2D eigenvalue weighted by molar-refractivity contribution is 7.86. The molecule has 32 heavy (non-hydrogen) atoms. The van der Waals surface area contributed by atoms with E-state index in [9.17, 15) is 27.0 Å². The van der Waals surface area contributed by atoms with Gasteiger partial charge in [0.1, 0.15) is 11.5 Å². The molecule has 0 radical (unpaired) electrons. The van der Waals surface area contributed by atoms with E-state index in [1.54, 1.807) is 24.3 Å². The highest BCUT2D eigenvalue weighted by atomic mass is 32.2. The van der Waals surface area contributed by atoms with Crippen LogP contribution in [0.3, 0.4) is 0 Å². The van der Waals surface area contributed by atoms with Crippen LogP contribution in [0.25, 0.3) is 21.5 Å². The summed E-state index contributed by atoms with van der Waals surface area (Å²) in [5.41, 5.74) is 12.0. The third-order valence-electron chi connectivity index (χ3n) is 4.45. The molecule has 4 aromatic carbocycles. The molecule has 0 unspecified atom stereocenters. The van der Waals surface area contributed by atoms with Crippen molar-refractivity contribution < 1.29 is 36.2 Å². The Bertz CT molecular complexity index is 1570. The Balaban J connectivity index is 0.000000181. The van der Waals surface area contributed by atoms with Crippen molar-refractivity contribution in [1.29, 1.82) is 0 Å². The van der Waals surface area contributed by atoms with Crippen molar-refractivity contribution in [2.75, 3.05) is 11.5 Å². The Morgan fingerprint density at radius 3 is 1.59 bits per heavy atom. The summed E-state index contributed by atoms with van der Waals surface area (Å²) in [6.07, 6.45) is 0. The zero-order valence-corrected chi connectivity index (χ0v) is 17.8. The fourth-order valence-corrected chi connectivity index (χ4v) is 4.04. The van der Waals surface area contributed by atoms with Crippen molar-refractivity contribution in [3.63, 3.8) is 0 Å². The highest BCUT2D eigenvalue weighted by Crippen LogP contribution is 2.31. The van der Waals surface area contributed by atoms with Crippen LogP contribution in [0, 0.1) is 0 Å². The summed E-state index contributed by atoms with van der Waals surface area (Å²) in [6.45, 7) is 0. The van der Waals surface area contributed by atoms with Crippen LogP contribution in [0.2, 0.25) is 0 Å². The lowest BCUT2D eigenvalue weighted by Crippen LogP contribution is -1.97. The van der Waals surface area contributed by atoms with Gasteiger partial charge in [0.2, 0.25) is 0 Å². The van der Waals surface area contributed by atoms with Gasteiger partial charge in [0, 0.05) is 34.3 Å². The van der Waals surface area contributed by atoms with E-state index in [2.05, 4.69) is 0 Å². The van der Waals surface area contributed by atoms with E-state index in [0.717, 1.165) is 12.1 Å². The van der Waals surface area contributed by atoms with Gasteiger partial charge in [-0.1, -0.05) is 6.07 Å². The van der Waals surface area contributed by atoms with Crippen LogP contribution in [-0.4, -0.2) is 36.2 Å². The average Bonchev–Trinajstić information content (AvgIpc) is 2.67. The Kier molecular flexibility index (Phi) is 5.89. The number of fused-ring (bicyclic) bond motifs is 2. The summed E-state index contributed by atoms with van der Waals surface area (Å²) in [5.74, 6) is -0.456. The number of nitrogens with two attached hydrogens (primary N) is 2. The molecule has 0 atom stereocenters. The summed E-state index contributed by atoms with van der Waals surface area (Å²) >= 11 is 0. The van der Waals surface area contributed by atoms with Crippen molar-refractivity contribution >= 4 is 53.2 Å². The normalized spacial score (nSPS) is 11.8. The van der Waals surface area contributed by atoms with Gasteiger partial charge in [-0.2, -0.15) is 16.8 Å². The molecule has 0 bridgehead atoms. The van der Waals surface area contributed by atoms with Crippen LogP contribution in [0.4, 0.5) is 11.4 Å². The predicted molar refractivity (Wildman–Crippen MR) is 120 cm³/mol. The second-order valence-corrected chi connectivity index (χ2v) is 9.64. The van der Waals surface area contributed by atoms with Gasteiger partial charge >= 0.3 is 0 Å². The standard InChI is InChI=1S/2C10H9NO4S/c11-7-1-2-9-6(3-7)4-8(5-10(9)12)16(13,14)15;11-7-2-1-6-3-8(16(13,14)15)5-10(12)9(6)4-7/h2*1-5,12H,11H2,(H,13,14,15). The number of rotatable bonds is 2. The third-order valence-corrected chi connectivity index (χ3v) is 6.12. The van der Waals surface area contributed by atoms with Crippen LogP contribution in [-0.2, 0) is 20.2 Å². The first-order valence-electron chi connectivity index (χ1n) is 8.75. The first-order valence-corrected chi connectivity index (χ1v) is 11.6. The molecule has 4 aromatic rings. The fraction of sp³-hybridized carbons (Fsp3) is 0. The Hall–Kier alpha value is -3.58. The minimum atomic E-state index is -4.33. The number of anilines is 2. The lowest BCUT2D eigenvalue weighted by Gasteiger charge is -2.04. The molecule has 10 nitrogen and oxygen atoms in total. The van der Waals surface area contributed by atoms with Gasteiger partial charge in [-0.15, -0.1) is 0 Å². The Labute approximate surface area is 182 Å². The van der Waals surface area contributed by atoms with E-state index in [-0.39, 0.29) is 21.3 Å². The van der Waals surface area contributed by atoms with E-state index in [0.29, 0.717) is 32.9 Å². The SMILES string of the molecule is Nc1ccc2c(O)cc(S(=O)(=O)O)cc2c1.Nc1ccc2cc(S(=O)(=O)O)cc(O)c2c1. The number of aromatic hydroxyl groups is 2. The van der Waals surface area contributed by atoms with E-state index < -0.39 is 20.2 Å². The highest BCUT2D eigenvalue weighted by Gasteiger charge is 2.14. The predicted octanol–water partition coefficient (Wildman–Crippen LogP) is 2.75. The zero-order valence-electron chi connectivity index (χ0n) is 16.2. The first-order chi connectivity index (χ1) is 14.8. The van der Waals surface area contributed by atoms with Crippen molar-refractivity contribution in [2.24, 2.45) is 0 Å². The molecular formula is C20H18N2O8S2. The van der Waals surface area contributed by atoms with Crippen LogP contribution in [0.5, 0.6) is 11.5 Å². The largest absolute Gasteiger partial charge is 0.507 e. The molecule has 0 spiro atoms. The molecule has 8 N–H and O–H groups in total. The quantitative estimate of drug-likeness (QED) is 0.184. The second-order valence-electron chi connectivity index (χ2n) is 6.80. The number of phenolic OH excluding ortho intramolecular Hbond substituents is 2. The molecule has 0 aromatic heterocycles. The second kappa shape index (κ2) is 8.16. The molecule has 0 aliphatic rings. The van der Waals surface area contributed by atoms with E-state index in [1.165, 1.54) is 24.3 Å². The molecular weight excluding hydrogens is 460 g/mol. The maximum Gasteiger partial charge on any atom is 0.294 e. The monoisotopic (exact) mass is 478 g/mol. The average molecular weight is 479 g/mol. The van der Waals surface area contributed by atoms with Crippen LogP contribution >= 0.6 is 0 Å². The lowest BCUT2D eigenvalue weighted by atomic mass is 10.1.